The maximum Gasteiger partial charge on any atom is 0.319 e. The predicted octanol–water partition coefficient (Wildman–Crippen LogP) is 3.67. The number of likely N-dealkylation sites (tertiary alicyclic amines) is 1. The molecule has 5 heteroatoms. The molecular weight excluding hydrogens is 314 g/mol. The first-order valence-electron chi connectivity index (χ1n) is 9.54. The molecule has 0 aromatic heterocycles. The summed E-state index contributed by atoms with van der Waals surface area (Å²) in [4.78, 5) is 14.9. The van der Waals surface area contributed by atoms with Gasteiger partial charge in [0.25, 0.3) is 0 Å². The molecule has 2 amide bonds. The second-order valence-electron chi connectivity index (χ2n) is 7.59. The standard InChI is InChI=1S/C20H31N3O2/c1-14(2)25-13-16-5-4-6-19(15(16)3)22-20(24)21-17-9-11-23(12-10-17)18-7-8-18/h4-6,14,17-18H,7-13H2,1-3H3,(H2,21,22,24). The van der Waals surface area contributed by atoms with E-state index in [9.17, 15) is 4.79 Å². The van der Waals surface area contributed by atoms with Gasteiger partial charge in [-0.05, 0) is 63.6 Å². The Morgan fingerprint density at radius 1 is 1.24 bits per heavy atom. The smallest absolute Gasteiger partial charge is 0.319 e. The van der Waals surface area contributed by atoms with Crippen molar-refractivity contribution in [2.24, 2.45) is 0 Å². The van der Waals surface area contributed by atoms with Crippen LogP contribution >= 0.6 is 0 Å². The fraction of sp³-hybridized carbons (Fsp3) is 0.650. The molecule has 0 atom stereocenters. The molecule has 1 aromatic carbocycles. The van der Waals surface area contributed by atoms with E-state index in [1.165, 1.54) is 12.8 Å². The zero-order chi connectivity index (χ0) is 17.8. The number of amides is 2. The van der Waals surface area contributed by atoms with Gasteiger partial charge in [0.2, 0.25) is 0 Å². The van der Waals surface area contributed by atoms with Crippen molar-refractivity contribution in [2.75, 3.05) is 18.4 Å². The number of anilines is 1. The van der Waals surface area contributed by atoms with E-state index in [1.807, 2.05) is 39.0 Å². The second kappa shape index (κ2) is 8.19. The summed E-state index contributed by atoms with van der Waals surface area (Å²) in [6.45, 7) is 8.87. The van der Waals surface area contributed by atoms with Crippen molar-refractivity contribution in [1.82, 2.24) is 10.2 Å². The van der Waals surface area contributed by atoms with Crippen LogP contribution in [0.4, 0.5) is 10.5 Å². The van der Waals surface area contributed by atoms with E-state index in [2.05, 4.69) is 15.5 Å². The van der Waals surface area contributed by atoms with E-state index in [0.29, 0.717) is 6.61 Å². The number of carbonyl (C=O) groups is 1. The first-order chi connectivity index (χ1) is 12.0. The van der Waals surface area contributed by atoms with Gasteiger partial charge in [-0.3, -0.25) is 0 Å². The van der Waals surface area contributed by atoms with E-state index in [-0.39, 0.29) is 18.2 Å². The van der Waals surface area contributed by atoms with Crippen molar-refractivity contribution in [3.05, 3.63) is 29.3 Å². The number of hydrogen-bond acceptors (Lipinski definition) is 3. The molecular formula is C20H31N3O2. The highest BCUT2D eigenvalue weighted by atomic mass is 16.5. The highest BCUT2D eigenvalue weighted by Gasteiger charge is 2.32. The van der Waals surface area contributed by atoms with Gasteiger partial charge in [-0.1, -0.05) is 12.1 Å². The van der Waals surface area contributed by atoms with Crippen LogP contribution in [-0.2, 0) is 11.3 Å². The van der Waals surface area contributed by atoms with E-state index < -0.39 is 0 Å². The topological polar surface area (TPSA) is 53.6 Å². The van der Waals surface area contributed by atoms with E-state index in [4.69, 9.17) is 4.74 Å². The van der Waals surface area contributed by atoms with Crippen LogP contribution in [0.3, 0.4) is 0 Å². The van der Waals surface area contributed by atoms with Crippen LogP contribution in [0.2, 0.25) is 0 Å². The minimum absolute atomic E-state index is 0.102. The highest BCUT2D eigenvalue weighted by Crippen LogP contribution is 2.29. The Hall–Kier alpha value is -1.59. The van der Waals surface area contributed by atoms with Crippen molar-refractivity contribution in [3.63, 3.8) is 0 Å². The van der Waals surface area contributed by atoms with Crippen LogP contribution in [0.1, 0.15) is 50.7 Å². The average molecular weight is 345 g/mol. The third-order valence-electron chi connectivity index (χ3n) is 5.19. The average Bonchev–Trinajstić information content (AvgIpc) is 3.41. The Morgan fingerprint density at radius 2 is 1.96 bits per heavy atom. The first kappa shape index (κ1) is 18.2. The number of benzene rings is 1. The summed E-state index contributed by atoms with van der Waals surface area (Å²) >= 11 is 0. The van der Waals surface area contributed by atoms with Crippen LogP contribution in [0.25, 0.3) is 0 Å². The van der Waals surface area contributed by atoms with Crippen molar-refractivity contribution in [2.45, 2.75) is 71.2 Å². The number of carbonyl (C=O) groups excluding carboxylic acids is 1. The van der Waals surface area contributed by atoms with Gasteiger partial charge in [-0.25, -0.2) is 4.79 Å². The number of piperidine rings is 1. The number of ether oxygens (including phenoxy) is 1. The molecule has 0 spiro atoms. The summed E-state index contributed by atoms with van der Waals surface area (Å²) in [5.74, 6) is 0. The Kier molecular flexibility index (Phi) is 5.97. The van der Waals surface area contributed by atoms with Gasteiger partial charge in [-0.2, -0.15) is 0 Å². The second-order valence-corrected chi connectivity index (χ2v) is 7.59. The molecule has 3 rings (SSSR count). The lowest BCUT2D eigenvalue weighted by Gasteiger charge is -2.32. The van der Waals surface area contributed by atoms with Gasteiger partial charge in [0.15, 0.2) is 0 Å². The lowest BCUT2D eigenvalue weighted by Crippen LogP contribution is -2.46. The van der Waals surface area contributed by atoms with Crippen molar-refractivity contribution < 1.29 is 9.53 Å². The summed E-state index contributed by atoms with van der Waals surface area (Å²) in [5, 5.41) is 6.15. The predicted molar refractivity (Wildman–Crippen MR) is 101 cm³/mol. The summed E-state index contributed by atoms with van der Waals surface area (Å²) < 4.78 is 5.69. The number of urea groups is 1. The molecule has 0 bridgehead atoms. The molecule has 5 nitrogen and oxygen atoms in total. The lowest BCUT2D eigenvalue weighted by molar-refractivity contribution is 0.0654. The Labute approximate surface area is 151 Å². The van der Waals surface area contributed by atoms with E-state index in [0.717, 1.165) is 48.8 Å². The van der Waals surface area contributed by atoms with Crippen molar-refractivity contribution >= 4 is 11.7 Å². The van der Waals surface area contributed by atoms with Crippen molar-refractivity contribution in [3.8, 4) is 0 Å². The minimum atomic E-state index is -0.102. The zero-order valence-corrected chi connectivity index (χ0v) is 15.7. The maximum atomic E-state index is 12.4. The van der Waals surface area contributed by atoms with Gasteiger partial charge >= 0.3 is 6.03 Å². The SMILES string of the molecule is Cc1c(COC(C)C)cccc1NC(=O)NC1CCN(C2CC2)CC1. The minimum Gasteiger partial charge on any atom is -0.374 e. The molecule has 2 N–H and O–H groups in total. The molecule has 25 heavy (non-hydrogen) atoms. The van der Waals surface area contributed by atoms with Crippen LogP contribution in [0.15, 0.2) is 18.2 Å². The molecule has 0 radical (unpaired) electrons. The van der Waals surface area contributed by atoms with Crippen molar-refractivity contribution in [1.29, 1.82) is 0 Å². The van der Waals surface area contributed by atoms with Gasteiger partial charge in [0, 0.05) is 30.9 Å². The fourth-order valence-corrected chi connectivity index (χ4v) is 3.42. The summed E-state index contributed by atoms with van der Waals surface area (Å²) in [7, 11) is 0. The van der Waals surface area contributed by atoms with Gasteiger partial charge < -0.3 is 20.3 Å². The van der Waals surface area contributed by atoms with Gasteiger partial charge in [0.1, 0.15) is 0 Å². The number of nitrogens with one attached hydrogen (secondary N) is 2. The molecule has 2 aliphatic rings. The molecule has 1 aliphatic heterocycles. The molecule has 1 saturated carbocycles. The molecule has 1 aromatic rings. The molecule has 0 unspecified atom stereocenters. The largest absolute Gasteiger partial charge is 0.374 e. The van der Waals surface area contributed by atoms with Crippen LogP contribution in [0, 0.1) is 6.92 Å². The van der Waals surface area contributed by atoms with Crippen LogP contribution < -0.4 is 10.6 Å². The Balaban J connectivity index is 1.49. The number of nitrogens with zero attached hydrogens (tertiary/aromatic N) is 1. The molecule has 2 fully saturated rings. The zero-order valence-electron chi connectivity index (χ0n) is 15.7. The molecule has 1 aliphatic carbocycles. The van der Waals surface area contributed by atoms with E-state index >= 15 is 0 Å². The summed E-state index contributed by atoms with van der Waals surface area (Å²) in [6.07, 6.45) is 5.00. The Bertz CT molecular complexity index is 591. The number of rotatable bonds is 6. The van der Waals surface area contributed by atoms with E-state index in [1.54, 1.807) is 0 Å². The molecule has 1 saturated heterocycles. The third-order valence-corrected chi connectivity index (χ3v) is 5.19. The quantitative estimate of drug-likeness (QED) is 0.827. The van der Waals surface area contributed by atoms with Crippen LogP contribution in [-0.4, -0.2) is 42.2 Å². The molecule has 1 heterocycles. The molecule has 138 valence electrons. The Morgan fingerprint density at radius 3 is 2.60 bits per heavy atom. The van der Waals surface area contributed by atoms with Crippen LogP contribution in [0.5, 0.6) is 0 Å². The lowest BCUT2D eigenvalue weighted by atomic mass is 10.1. The summed E-state index contributed by atoms with van der Waals surface area (Å²) in [6, 6.07) is 6.97. The monoisotopic (exact) mass is 345 g/mol. The first-order valence-corrected chi connectivity index (χ1v) is 9.54. The highest BCUT2D eigenvalue weighted by molar-refractivity contribution is 5.90. The summed E-state index contributed by atoms with van der Waals surface area (Å²) in [5.41, 5.74) is 3.05. The van der Waals surface area contributed by atoms with Gasteiger partial charge in [0.05, 0.1) is 12.7 Å². The number of hydrogen-bond donors (Lipinski definition) is 2. The van der Waals surface area contributed by atoms with Gasteiger partial charge in [-0.15, -0.1) is 0 Å². The maximum absolute atomic E-state index is 12.4. The fourth-order valence-electron chi connectivity index (χ4n) is 3.42. The normalized spacial score (nSPS) is 19.2. The third kappa shape index (κ3) is 5.19.